The summed E-state index contributed by atoms with van der Waals surface area (Å²) in [6.45, 7) is 3.24. The number of amides is 2. The number of aldehydes is 1. The number of hydrogen-bond donors (Lipinski definition) is 3. The number of rotatable bonds is 17. The van der Waals surface area contributed by atoms with Gasteiger partial charge >= 0.3 is 11.7 Å². The first-order valence-electron chi connectivity index (χ1n) is 11.3. The Morgan fingerprint density at radius 2 is 1.86 bits per heavy atom. The molecule has 0 bridgehead atoms. The number of carbonyl (C=O) groups is 3. The summed E-state index contributed by atoms with van der Waals surface area (Å²) in [5, 5.41) is 14.5. The maximum atomic E-state index is 12.5. The van der Waals surface area contributed by atoms with Gasteiger partial charge in [-0.05, 0) is 24.6 Å². The van der Waals surface area contributed by atoms with Gasteiger partial charge in [0, 0.05) is 35.5 Å². The average molecular weight is 543 g/mol. The molecule has 13 heteroatoms. The predicted octanol–water partition coefficient (Wildman–Crippen LogP) is 1.78. The first-order valence-corrected chi connectivity index (χ1v) is 13.8. The molecule has 0 saturated heterocycles. The standard InChI is InChI=1S/C23H30N2O9S2/c1-2-17-19(33-23(30)25-6-13-35-36-14-8-27)4-3-16-15-18(22(29)34-20(16)17)21(28)24-5-9-31-11-12-32-10-7-26/h3-4,7,15,27H,2,5-6,8-14H2,1H3,(H,24,28)(H,25,30). The number of hydrogen-bond acceptors (Lipinski definition) is 11. The third-order valence-electron chi connectivity index (χ3n) is 4.57. The molecule has 0 atom stereocenters. The number of aliphatic hydroxyl groups excluding tert-OH is 1. The lowest BCUT2D eigenvalue weighted by Crippen LogP contribution is -2.31. The fraction of sp³-hybridized carbons (Fsp3) is 0.478. The van der Waals surface area contributed by atoms with Gasteiger partial charge in [0.15, 0.2) is 0 Å². The van der Waals surface area contributed by atoms with E-state index in [1.165, 1.54) is 27.7 Å². The Morgan fingerprint density at radius 3 is 2.61 bits per heavy atom. The molecule has 0 aliphatic carbocycles. The number of ether oxygens (including phenoxy) is 3. The second-order valence-electron chi connectivity index (χ2n) is 7.06. The Bertz CT molecular complexity index is 1060. The van der Waals surface area contributed by atoms with Gasteiger partial charge < -0.3 is 39.2 Å². The van der Waals surface area contributed by atoms with Crippen molar-refractivity contribution < 1.29 is 38.1 Å². The molecule has 2 aromatic rings. The van der Waals surface area contributed by atoms with E-state index >= 15 is 0 Å². The van der Waals surface area contributed by atoms with Gasteiger partial charge in [0.2, 0.25) is 0 Å². The fourth-order valence-electron chi connectivity index (χ4n) is 2.98. The Kier molecular flexibility index (Phi) is 14.0. The highest BCUT2D eigenvalue weighted by Gasteiger charge is 2.18. The molecule has 2 rings (SSSR count). The molecule has 0 spiro atoms. The van der Waals surface area contributed by atoms with Gasteiger partial charge in [0.05, 0.1) is 26.4 Å². The SMILES string of the molecule is CCc1c(OC(=O)NCCSSCCO)ccc2cc(C(=O)NCCOCCOCC=O)c(=O)oc12. The number of carbonyl (C=O) groups excluding carboxylic acids is 3. The second-order valence-corrected chi connectivity index (χ2v) is 9.76. The van der Waals surface area contributed by atoms with Crippen LogP contribution in [0, 0.1) is 0 Å². The molecular weight excluding hydrogens is 512 g/mol. The molecule has 198 valence electrons. The van der Waals surface area contributed by atoms with Crippen LogP contribution in [-0.4, -0.2) is 81.0 Å². The van der Waals surface area contributed by atoms with Crippen molar-refractivity contribution >= 4 is 50.8 Å². The molecule has 0 radical (unpaired) electrons. The first-order chi connectivity index (χ1) is 17.5. The maximum Gasteiger partial charge on any atom is 0.412 e. The van der Waals surface area contributed by atoms with Crippen LogP contribution in [0.4, 0.5) is 4.79 Å². The van der Waals surface area contributed by atoms with E-state index in [-0.39, 0.29) is 56.5 Å². The van der Waals surface area contributed by atoms with Crippen LogP contribution in [0.2, 0.25) is 0 Å². The lowest BCUT2D eigenvalue weighted by Gasteiger charge is -2.12. The number of aryl methyl sites for hydroxylation is 1. The summed E-state index contributed by atoms with van der Waals surface area (Å²) in [6.07, 6.45) is 0.441. The molecule has 2 amide bonds. The largest absolute Gasteiger partial charge is 0.422 e. The van der Waals surface area contributed by atoms with Gasteiger partial charge in [-0.2, -0.15) is 0 Å². The van der Waals surface area contributed by atoms with Crippen LogP contribution >= 0.6 is 21.6 Å². The Morgan fingerprint density at radius 1 is 1.08 bits per heavy atom. The first kappa shape index (κ1) is 29.6. The van der Waals surface area contributed by atoms with E-state index in [0.29, 0.717) is 41.7 Å². The van der Waals surface area contributed by atoms with Crippen LogP contribution in [0.5, 0.6) is 5.75 Å². The van der Waals surface area contributed by atoms with Gasteiger partial charge in [-0.1, -0.05) is 28.5 Å². The zero-order valence-corrected chi connectivity index (χ0v) is 21.5. The third kappa shape index (κ3) is 9.82. The van der Waals surface area contributed by atoms with Crippen molar-refractivity contribution in [1.82, 2.24) is 10.6 Å². The zero-order chi connectivity index (χ0) is 26.2. The molecule has 0 saturated carbocycles. The minimum absolute atomic E-state index is 0.00365. The van der Waals surface area contributed by atoms with Crippen LogP contribution in [0.3, 0.4) is 0 Å². The Balaban J connectivity index is 1.96. The molecule has 3 N–H and O–H groups in total. The fourth-order valence-corrected chi connectivity index (χ4v) is 4.66. The van der Waals surface area contributed by atoms with Crippen LogP contribution in [0.25, 0.3) is 11.0 Å². The molecule has 0 unspecified atom stereocenters. The summed E-state index contributed by atoms with van der Waals surface area (Å²) in [7, 11) is 3.05. The number of benzene rings is 1. The predicted molar refractivity (Wildman–Crippen MR) is 138 cm³/mol. The van der Waals surface area contributed by atoms with Gasteiger partial charge in [-0.25, -0.2) is 9.59 Å². The van der Waals surface area contributed by atoms with Crippen molar-refractivity contribution in [2.24, 2.45) is 0 Å². The van der Waals surface area contributed by atoms with Gasteiger partial charge in [-0.15, -0.1) is 0 Å². The quantitative estimate of drug-likeness (QED) is 0.116. The average Bonchev–Trinajstić information content (AvgIpc) is 2.87. The van der Waals surface area contributed by atoms with Crippen LogP contribution in [0.1, 0.15) is 22.8 Å². The van der Waals surface area contributed by atoms with Gasteiger partial charge in [0.1, 0.15) is 29.8 Å². The Hall–Kier alpha value is -2.58. The number of nitrogens with one attached hydrogen (secondary N) is 2. The second kappa shape index (κ2) is 17.0. The monoisotopic (exact) mass is 542 g/mol. The van der Waals surface area contributed by atoms with Crippen molar-refractivity contribution in [3.63, 3.8) is 0 Å². The van der Waals surface area contributed by atoms with E-state index in [1.54, 1.807) is 12.1 Å². The van der Waals surface area contributed by atoms with Crippen molar-refractivity contribution in [1.29, 1.82) is 0 Å². The summed E-state index contributed by atoms with van der Waals surface area (Å²) in [5.41, 5.74) is -0.178. The maximum absolute atomic E-state index is 12.5. The van der Waals surface area contributed by atoms with Crippen molar-refractivity contribution in [2.75, 3.05) is 57.6 Å². The molecule has 0 aliphatic rings. The highest BCUT2D eigenvalue weighted by molar-refractivity contribution is 8.76. The summed E-state index contributed by atoms with van der Waals surface area (Å²) in [6, 6.07) is 4.64. The van der Waals surface area contributed by atoms with Gasteiger partial charge in [0.25, 0.3) is 5.91 Å². The van der Waals surface area contributed by atoms with Crippen molar-refractivity contribution in [3.05, 3.63) is 39.7 Å². The highest BCUT2D eigenvalue weighted by atomic mass is 33.1. The Labute approximate surface area is 216 Å². The smallest absolute Gasteiger partial charge is 0.412 e. The minimum atomic E-state index is -0.808. The molecule has 11 nitrogen and oxygen atoms in total. The molecule has 1 aromatic heterocycles. The zero-order valence-electron chi connectivity index (χ0n) is 19.9. The van der Waals surface area contributed by atoms with E-state index in [4.69, 9.17) is 23.7 Å². The van der Waals surface area contributed by atoms with Crippen molar-refractivity contribution in [3.8, 4) is 5.75 Å². The molecule has 0 aliphatic heterocycles. The molecule has 1 aromatic carbocycles. The molecule has 1 heterocycles. The summed E-state index contributed by atoms with van der Waals surface area (Å²) < 4.78 is 21.1. The van der Waals surface area contributed by atoms with Crippen molar-refractivity contribution in [2.45, 2.75) is 13.3 Å². The van der Waals surface area contributed by atoms with Crippen LogP contribution in [0.15, 0.2) is 27.4 Å². The van der Waals surface area contributed by atoms with Gasteiger partial charge in [-0.3, -0.25) is 4.79 Å². The lowest BCUT2D eigenvalue weighted by molar-refractivity contribution is -0.112. The topological polar surface area (TPSA) is 153 Å². The van der Waals surface area contributed by atoms with E-state index < -0.39 is 17.6 Å². The molecule has 0 fully saturated rings. The summed E-state index contributed by atoms with van der Waals surface area (Å²) >= 11 is 0. The summed E-state index contributed by atoms with van der Waals surface area (Å²) in [4.78, 5) is 47.3. The van der Waals surface area contributed by atoms with E-state index in [1.807, 2.05) is 6.92 Å². The van der Waals surface area contributed by atoms with E-state index in [9.17, 15) is 19.2 Å². The normalized spacial score (nSPS) is 10.8. The molecular formula is C23H30N2O9S2. The third-order valence-corrected chi connectivity index (χ3v) is 6.95. The van der Waals surface area contributed by atoms with E-state index in [2.05, 4.69) is 10.6 Å². The highest BCUT2D eigenvalue weighted by Crippen LogP contribution is 2.28. The number of aliphatic hydroxyl groups is 1. The van der Waals surface area contributed by atoms with Crippen LogP contribution < -0.4 is 21.0 Å². The lowest BCUT2D eigenvalue weighted by atomic mass is 10.1. The van der Waals surface area contributed by atoms with Crippen LogP contribution in [-0.2, 0) is 20.7 Å². The number of fused-ring (bicyclic) bond motifs is 1. The summed E-state index contributed by atoms with van der Waals surface area (Å²) in [5.74, 6) is 0.938. The minimum Gasteiger partial charge on any atom is -0.422 e. The molecule has 36 heavy (non-hydrogen) atoms. The van der Waals surface area contributed by atoms with E-state index in [0.717, 1.165) is 0 Å².